The average Bonchev–Trinajstić information content (AvgIpc) is 2.33. The summed E-state index contributed by atoms with van der Waals surface area (Å²) >= 11 is 0. The summed E-state index contributed by atoms with van der Waals surface area (Å²) in [6, 6.07) is 12.4. The second kappa shape index (κ2) is 5.33. The molecular weight excluding hydrogens is 208 g/mol. The lowest BCUT2D eigenvalue weighted by Crippen LogP contribution is -2.38. The first-order valence-corrected chi connectivity index (χ1v) is 6.39. The highest BCUT2D eigenvalue weighted by atomic mass is 14.9. The van der Waals surface area contributed by atoms with Gasteiger partial charge in [-0.1, -0.05) is 43.7 Å². The fourth-order valence-corrected chi connectivity index (χ4v) is 2.40. The molecule has 0 amide bonds. The maximum absolute atomic E-state index is 9.19. The van der Waals surface area contributed by atoms with Gasteiger partial charge in [-0.2, -0.15) is 5.26 Å². The van der Waals surface area contributed by atoms with E-state index in [1.54, 1.807) is 0 Å². The number of benzene rings is 1. The van der Waals surface area contributed by atoms with E-state index < -0.39 is 0 Å². The number of hydrogen-bond donors (Lipinski definition) is 1. The molecular formula is C15H20N2. The summed E-state index contributed by atoms with van der Waals surface area (Å²) in [5, 5.41) is 12.6. The standard InChI is InChI=1S/C15H20N2/c1-15(8-5-9-15)12-17-11-14(10-16)13-6-3-2-4-7-13/h2-4,6-7,14,17H,5,8-9,11-12H2,1H3. The van der Waals surface area contributed by atoms with E-state index in [1.807, 2.05) is 30.3 Å². The molecule has 1 aliphatic rings. The zero-order valence-corrected chi connectivity index (χ0v) is 10.4. The number of nitrogens with zero attached hydrogens (tertiary/aromatic N) is 1. The number of nitrogens with one attached hydrogen (secondary N) is 1. The molecule has 1 atom stereocenters. The lowest BCUT2D eigenvalue weighted by atomic mass is 9.70. The Labute approximate surface area is 104 Å². The zero-order chi connectivity index (χ0) is 12.1. The van der Waals surface area contributed by atoms with Crippen LogP contribution in [-0.4, -0.2) is 13.1 Å². The summed E-state index contributed by atoms with van der Waals surface area (Å²) < 4.78 is 0. The van der Waals surface area contributed by atoms with Crippen LogP contribution in [0.1, 0.15) is 37.7 Å². The fraction of sp³-hybridized carbons (Fsp3) is 0.533. The van der Waals surface area contributed by atoms with Crippen molar-refractivity contribution in [1.29, 1.82) is 5.26 Å². The third-order valence-corrected chi connectivity index (χ3v) is 3.82. The molecule has 1 aliphatic carbocycles. The normalized spacial score (nSPS) is 19.1. The Balaban J connectivity index is 1.83. The third kappa shape index (κ3) is 3.08. The Hall–Kier alpha value is -1.33. The largest absolute Gasteiger partial charge is 0.315 e. The fourth-order valence-electron chi connectivity index (χ4n) is 2.40. The molecule has 0 aliphatic heterocycles. The first-order chi connectivity index (χ1) is 8.23. The number of nitriles is 1. The van der Waals surface area contributed by atoms with Gasteiger partial charge >= 0.3 is 0 Å². The molecule has 0 saturated heterocycles. The van der Waals surface area contributed by atoms with Crippen molar-refractivity contribution in [3.8, 4) is 6.07 Å². The van der Waals surface area contributed by atoms with E-state index in [1.165, 1.54) is 19.3 Å². The second-order valence-electron chi connectivity index (χ2n) is 5.39. The lowest BCUT2D eigenvalue weighted by molar-refractivity contribution is 0.157. The summed E-state index contributed by atoms with van der Waals surface area (Å²) in [6.45, 7) is 4.13. The van der Waals surface area contributed by atoms with Crippen LogP contribution in [0, 0.1) is 16.7 Å². The third-order valence-electron chi connectivity index (χ3n) is 3.82. The molecule has 2 nitrogen and oxygen atoms in total. The highest BCUT2D eigenvalue weighted by molar-refractivity contribution is 5.25. The van der Waals surface area contributed by atoms with Crippen LogP contribution >= 0.6 is 0 Å². The van der Waals surface area contributed by atoms with Crippen LogP contribution in [0.3, 0.4) is 0 Å². The van der Waals surface area contributed by atoms with E-state index in [0.717, 1.165) is 18.7 Å². The summed E-state index contributed by atoms with van der Waals surface area (Å²) in [5.41, 5.74) is 1.60. The minimum atomic E-state index is -0.0279. The van der Waals surface area contributed by atoms with E-state index in [2.05, 4.69) is 18.3 Å². The first kappa shape index (κ1) is 12.1. The number of rotatable bonds is 5. The topological polar surface area (TPSA) is 35.8 Å². The molecule has 1 fully saturated rings. The Morgan fingerprint density at radius 3 is 2.59 bits per heavy atom. The van der Waals surface area contributed by atoms with Gasteiger partial charge < -0.3 is 5.32 Å². The van der Waals surface area contributed by atoms with E-state index in [9.17, 15) is 5.26 Å². The van der Waals surface area contributed by atoms with Crippen molar-refractivity contribution < 1.29 is 0 Å². The van der Waals surface area contributed by atoms with Crippen LogP contribution in [0.2, 0.25) is 0 Å². The van der Waals surface area contributed by atoms with Crippen molar-refractivity contribution in [3.63, 3.8) is 0 Å². The van der Waals surface area contributed by atoms with Crippen molar-refractivity contribution >= 4 is 0 Å². The van der Waals surface area contributed by atoms with E-state index >= 15 is 0 Å². The molecule has 17 heavy (non-hydrogen) atoms. The van der Waals surface area contributed by atoms with Gasteiger partial charge in [0.05, 0.1) is 12.0 Å². The maximum atomic E-state index is 9.19. The molecule has 0 radical (unpaired) electrons. The molecule has 0 aromatic heterocycles. The van der Waals surface area contributed by atoms with Gasteiger partial charge in [0.2, 0.25) is 0 Å². The lowest BCUT2D eigenvalue weighted by Gasteiger charge is -2.38. The van der Waals surface area contributed by atoms with E-state index in [0.29, 0.717) is 5.41 Å². The Bertz CT molecular complexity index is 387. The van der Waals surface area contributed by atoms with Gasteiger partial charge in [0, 0.05) is 13.1 Å². The van der Waals surface area contributed by atoms with Crippen molar-refractivity contribution in [3.05, 3.63) is 35.9 Å². The first-order valence-electron chi connectivity index (χ1n) is 6.39. The van der Waals surface area contributed by atoms with Gasteiger partial charge in [-0.25, -0.2) is 0 Å². The van der Waals surface area contributed by atoms with Crippen molar-refractivity contribution in [2.45, 2.75) is 32.1 Å². The van der Waals surface area contributed by atoms with Gasteiger partial charge in [-0.15, -0.1) is 0 Å². The van der Waals surface area contributed by atoms with Gasteiger partial charge in [0.1, 0.15) is 0 Å². The predicted octanol–water partition coefficient (Wildman–Crippen LogP) is 3.07. The minimum absolute atomic E-state index is 0.0279. The highest BCUT2D eigenvalue weighted by Gasteiger charge is 2.31. The molecule has 0 bridgehead atoms. The second-order valence-corrected chi connectivity index (χ2v) is 5.39. The molecule has 1 aromatic rings. The van der Waals surface area contributed by atoms with Crippen LogP contribution in [0.4, 0.5) is 0 Å². The monoisotopic (exact) mass is 228 g/mol. The molecule has 1 saturated carbocycles. The summed E-state index contributed by atoms with van der Waals surface area (Å²) in [4.78, 5) is 0. The summed E-state index contributed by atoms with van der Waals surface area (Å²) in [7, 11) is 0. The van der Waals surface area contributed by atoms with E-state index in [4.69, 9.17) is 0 Å². The van der Waals surface area contributed by atoms with E-state index in [-0.39, 0.29) is 5.92 Å². The maximum Gasteiger partial charge on any atom is 0.0837 e. The Morgan fingerprint density at radius 2 is 2.06 bits per heavy atom. The zero-order valence-electron chi connectivity index (χ0n) is 10.4. The molecule has 1 N–H and O–H groups in total. The van der Waals surface area contributed by atoms with Gasteiger partial charge in [-0.05, 0) is 23.8 Å². The predicted molar refractivity (Wildman–Crippen MR) is 69.6 cm³/mol. The molecule has 0 heterocycles. The van der Waals surface area contributed by atoms with Crippen LogP contribution in [-0.2, 0) is 0 Å². The smallest absolute Gasteiger partial charge is 0.0837 e. The van der Waals surface area contributed by atoms with Crippen molar-refractivity contribution in [2.75, 3.05) is 13.1 Å². The van der Waals surface area contributed by atoms with Crippen molar-refractivity contribution in [1.82, 2.24) is 5.32 Å². The molecule has 2 heteroatoms. The summed E-state index contributed by atoms with van der Waals surface area (Å²) in [6.07, 6.45) is 4.00. The SMILES string of the molecule is CC1(CNCC(C#N)c2ccccc2)CCC1. The molecule has 0 spiro atoms. The highest BCUT2D eigenvalue weighted by Crippen LogP contribution is 2.39. The van der Waals surface area contributed by atoms with Crippen LogP contribution < -0.4 is 5.32 Å². The summed E-state index contributed by atoms with van der Waals surface area (Å²) in [5.74, 6) is -0.0279. The molecule has 2 rings (SSSR count). The van der Waals surface area contributed by atoms with Crippen LogP contribution in [0.25, 0.3) is 0 Å². The average molecular weight is 228 g/mol. The van der Waals surface area contributed by atoms with Crippen LogP contribution in [0.15, 0.2) is 30.3 Å². The molecule has 1 aromatic carbocycles. The van der Waals surface area contributed by atoms with Crippen LogP contribution in [0.5, 0.6) is 0 Å². The quantitative estimate of drug-likeness (QED) is 0.840. The molecule has 90 valence electrons. The molecule has 1 unspecified atom stereocenters. The minimum Gasteiger partial charge on any atom is -0.315 e. The Morgan fingerprint density at radius 1 is 1.35 bits per heavy atom. The number of hydrogen-bond acceptors (Lipinski definition) is 2. The van der Waals surface area contributed by atoms with Gasteiger partial charge in [-0.3, -0.25) is 0 Å². The Kier molecular flexibility index (Phi) is 3.81. The van der Waals surface area contributed by atoms with Gasteiger partial charge in [0.15, 0.2) is 0 Å². The van der Waals surface area contributed by atoms with Gasteiger partial charge in [0.25, 0.3) is 0 Å². The van der Waals surface area contributed by atoms with Crippen molar-refractivity contribution in [2.24, 2.45) is 5.41 Å².